The van der Waals surface area contributed by atoms with Crippen LogP contribution in [-0.4, -0.2) is 40.8 Å². The van der Waals surface area contributed by atoms with E-state index in [4.69, 9.17) is 9.84 Å². The fourth-order valence-corrected chi connectivity index (χ4v) is 2.18. The van der Waals surface area contributed by atoms with E-state index < -0.39 is 12.1 Å². The molecule has 0 aliphatic carbocycles. The number of aliphatic carboxylic acids is 1. The summed E-state index contributed by atoms with van der Waals surface area (Å²) in [7, 11) is 0. The Balaban J connectivity index is 1.67. The van der Waals surface area contributed by atoms with Gasteiger partial charge in [0.25, 0.3) is 0 Å². The summed E-state index contributed by atoms with van der Waals surface area (Å²) in [4.78, 5) is 26.7. The van der Waals surface area contributed by atoms with Gasteiger partial charge in [-0.15, -0.1) is 0 Å². The van der Waals surface area contributed by atoms with Gasteiger partial charge < -0.3 is 20.5 Å². The molecule has 0 saturated carbocycles. The number of nitrogens with zero attached hydrogens (tertiary/aromatic N) is 1. The fraction of sp³-hybridized carbons (Fsp3) is 0.500. The van der Waals surface area contributed by atoms with Gasteiger partial charge in [0.1, 0.15) is 0 Å². The first-order chi connectivity index (χ1) is 10.0. The molecule has 0 bridgehead atoms. The molecule has 7 heteroatoms. The van der Waals surface area contributed by atoms with E-state index in [1.54, 1.807) is 0 Å². The summed E-state index contributed by atoms with van der Waals surface area (Å²) in [5.41, 5.74) is 1.68. The highest BCUT2D eigenvalue weighted by molar-refractivity contribution is 5.74. The van der Waals surface area contributed by atoms with E-state index in [0.29, 0.717) is 25.9 Å². The van der Waals surface area contributed by atoms with Crippen LogP contribution in [0.15, 0.2) is 18.2 Å². The molecule has 1 aromatic rings. The maximum atomic E-state index is 11.7. The Kier molecular flexibility index (Phi) is 5.10. The van der Waals surface area contributed by atoms with Crippen molar-refractivity contribution in [2.45, 2.75) is 38.5 Å². The van der Waals surface area contributed by atoms with Crippen LogP contribution in [0.25, 0.3) is 0 Å². The van der Waals surface area contributed by atoms with Gasteiger partial charge in [0.2, 0.25) is 0 Å². The fourth-order valence-electron chi connectivity index (χ4n) is 2.18. The Labute approximate surface area is 122 Å². The number of aromatic nitrogens is 1. The first kappa shape index (κ1) is 15.2. The first-order valence-electron chi connectivity index (χ1n) is 6.87. The number of pyridine rings is 1. The van der Waals surface area contributed by atoms with Crippen molar-refractivity contribution >= 4 is 12.0 Å². The Hall–Kier alpha value is -2.15. The molecule has 21 heavy (non-hydrogen) atoms. The predicted molar refractivity (Wildman–Crippen MR) is 74.7 cm³/mol. The second-order valence-electron chi connectivity index (χ2n) is 5.00. The van der Waals surface area contributed by atoms with Crippen molar-refractivity contribution in [3.63, 3.8) is 0 Å². The van der Waals surface area contributed by atoms with E-state index in [0.717, 1.165) is 11.4 Å². The van der Waals surface area contributed by atoms with Crippen LogP contribution in [0.4, 0.5) is 4.79 Å². The minimum absolute atomic E-state index is 0.242. The van der Waals surface area contributed by atoms with Gasteiger partial charge in [-0.05, 0) is 31.9 Å². The summed E-state index contributed by atoms with van der Waals surface area (Å²) >= 11 is 0. The Morgan fingerprint density at radius 2 is 2.19 bits per heavy atom. The molecular formula is C14H19N3O4. The lowest BCUT2D eigenvalue weighted by Gasteiger charge is -2.13. The van der Waals surface area contributed by atoms with Crippen LogP contribution in [0, 0.1) is 6.92 Å². The number of urea groups is 1. The first-order valence-corrected chi connectivity index (χ1v) is 6.87. The normalized spacial score (nSPS) is 21.0. The van der Waals surface area contributed by atoms with E-state index in [1.807, 2.05) is 25.1 Å². The molecule has 1 aliphatic rings. The van der Waals surface area contributed by atoms with Gasteiger partial charge >= 0.3 is 12.0 Å². The number of hydrogen-bond acceptors (Lipinski definition) is 4. The van der Waals surface area contributed by atoms with Crippen LogP contribution in [0.5, 0.6) is 0 Å². The quantitative estimate of drug-likeness (QED) is 0.746. The maximum Gasteiger partial charge on any atom is 0.332 e. The molecular weight excluding hydrogens is 274 g/mol. The van der Waals surface area contributed by atoms with Gasteiger partial charge in [-0.1, -0.05) is 6.07 Å². The second kappa shape index (κ2) is 7.03. The molecule has 0 radical (unpaired) electrons. The zero-order valence-electron chi connectivity index (χ0n) is 11.8. The largest absolute Gasteiger partial charge is 0.479 e. The zero-order chi connectivity index (χ0) is 15.2. The summed E-state index contributed by atoms with van der Waals surface area (Å²) in [6.07, 6.45) is 0.123. The molecule has 1 aliphatic heterocycles. The number of rotatable bonds is 5. The molecule has 2 atom stereocenters. The second-order valence-corrected chi connectivity index (χ2v) is 5.00. The summed E-state index contributed by atoms with van der Waals surface area (Å²) in [6, 6.07) is 5.29. The third kappa shape index (κ3) is 4.71. The van der Waals surface area contributed by atoms with Crippen molar-refractivity contribution in [1.29, 1.82) is 0 Å². The molecule has 0 spiro atoms. The summed E-state index contributed by atoms with van der Waals surface area (Å²) in [5, 5.41) is 14.2. The third-order valence-electron chi connectivity index (χ3n) is 3.25. The van der Waals surface area contributed by atoms with Crippen LogP contribution in [0.2, 0.25) is 0 Å². The van der Waals surface area contributed by atoms with Crippen LogP contribution in [-0.2, 0) is 16.1 Å². The molecule has 1 saturated heterocycles. The van der Waals surface area contributed by atoms with Crippen molar-refractivity contribution in [3.05, 3.63) is 29.6 Å². The lowest BCUT2D eigenvalue weighted by Crippen LogP contribution is -2.39. The van der Waals surface area contributed by atoms with Crippen molar-refractivity contribution in [2.75, 3.05) is 6.54 Å². The molecule has 2 rings (SSSR count). The molecule has 2 heterocycles. The molecule has 0 aromatic carbocycles. The number of nitrogens with one attached hydrogen (secondary N) is 2. The lowest BCUT2D eigenvalue weighted by molar-refractivity contribution is -0.149. The molecule has 7 nitrogen and oxygen atoms in total. The molecule has 2 amide bonds. The highest BCUT2D eigenvalue weighted by atomic mass is 16.5. The smallest absolute Gasteiger partial charge is 0.332 e. The lowest BCUT2D eigenvalue weighted by atomic mass is 10.2. The minimum atomic E-state index is -0.951. The van der Waals surface area contributed by atoms with Gasteiger partial charge in [-0.25, -0.2) is 9.59 Å². The maximum absolute atomic E-state index is 11.7. The topological polar surface area (TPSA) is 101 Å². The van der Waals surface area contributed by atoms with Crippen LogP contribution < -0.4 is 10.6 Å². The van der Waals surface area contributed by atoms with Gasteiger partial charge in [0.05, 0.1) is 18.3 Å². The van der Waals surface area contributed by atoms with Gasteiger partial charge in [0.15, 0.2) is 6.10 Å². The average Bonchev–Trinajstić information content (AvgIpc) is 2.92. The predicted octanol–water partition coefficient (Wildman–Crippen LogP) is 0.821. The van der Waals surface area contributed by atoms with Crippen LogP contribution in [0.1, 0.15) is 24.2 Å². The van der Waals surface area contributed by atoms with E-state index in [1.165, 1.54) is 0 Å². The van der Waals surface area contributed by atoms with Gasteiger partial charge in [-0.3, -0.25) is 4.98 Å². The van der Waals surface area contributed by atoms with Crippen molar-refractivity contribution in [2.24, 2.45) is 0 Å². The number of ether oxygens (including phenoxy) is 1. The van der Waals surface area contributed by atoms with Gasteiger partial charge in [0, 0.05) is 12.2 Å². The van der Waals surface area contributed by atoms with E-state index >= 15 is 0 Å². The van der Waals surface area contributed by atoms with Crippen LogP contribution in [0.3, 0.4) is 0 Å². The molecule has 114 valence electrons. The molecule has 1 fully saturated rings. The molecule has 2 unspecified atom stereocenters. The van der Waals surface area contributed by atoms with Crippen molar-refractivity contribution in [3.8, 4) is 0 Å². The Morgan fingerprint density at radius 3 is 2.86 bits per heavy atom. The monoisotopic (exact) mass is 293 g/mol. The van der Waals surface area contributed by atoms with Crippen molar-refractivity contribution in [1.82, 2.24) is 15.6 Å². The number of carboxylic acid groups (broad SMARTS) is 1. The van der Waals surface area contributed by atoms with Crippen molar-refractivity contribution < 1.29 is 19.4 Å². The highest BCUT2D eigenvalue weighted by Gasteiger charge is 2.30. The highest BCUT2D eigenvalue weighted by Crippen LogP contribution is 2.19. The summed E-state index contributed by atoms with van der Waals surface area (Å²) in [6.45, 7) is 2.54. The minimum Gasteiger partial charge on any atom is -0.479 e. The SMILES string of the molecule is Cc1cccc(CNC(=O)NCC2CCC(C(=O)O)O2)n1. The number of carboxylic acids is 1. The average molecular weight is 293 g/mol. The summed E-state index contributed by atoms with van der Waals surface area (Å²) < 4.78 is 5.30. The zero-order valence-corrected chi connectivity index (χ0v) is 11.8. The number of hydrogen-bond donors (Lipinski definition) is 3. The van der Waals surface area contributed by atoms with E-state index in [2.05, 4.69) is 15.6 Å². The van der Waals surface area contributed by atoms with Gasteiger partial charge in [-0.2, -0.15) is 0 Å². The molecule has 1 aromatic heterocycles. The Bertz CT molecular complexity index is 521. The number of aryl methyl sites for hydroxylation is 1. The number of carbonyl (C=O) groups is 2. The third-order valence-corrected chi connectivity index (χ3v) is 3.25. The molecule has 3 N–H and O–H groups in total. The van der Waals surface area contributed by atoms with E-state index in [-0.39, 0.29) is 12.1 Å². The standard InChI is InChI=1S/C14H19N3O4/c1-9-3-2-4-10(17-9)7-15-14(20)16-8-11-5-6-12(21-11)13(18)19/h2-4,11-12H,5-8H2,1H3,(H,18,19)(H2,15,16,20). The Morgan fingerprint density at radius 1 is 1.38 bits per heavy atom. The summed E-state index contributed by atoms with van der Waals surface area (Å²) in [5.74, 6) is -0.951. The number of carbonyl (C=O) groups excluding carboxylic acids is 1. The van der Waals surface area contributed by atoms with E-state index in [9.17, 15) is 9.59 Å². The van der Waals surface area contributed by atoms with Crippen LogP contribution >= 0.6 is 0 Å². The number of amides is 2.